The smallest absolute Gasteiger partial charge is 0.289 e. The van der Waals surface area contributed by atoms with E-state index in [9.17, 15) is 13.9 Å². The maximum absolute atomic E-state index is 14.5. The van der Waals surface area contributed by atoms with E-state index in [0.29, 0.717) is 47.7 Å². The summed E-state index contributed by atoms with van der Waals surface area (Å²) in [6.45, 7) is 0.982. The lowest BCUT2D eigenvalue weighted by molar-refractivity contribution is -0.118. The van der Waals surface area contributed by atoms with Gasteiger partial charge in [0.15, 0.2) is 0 Å². The number of alkyl halides is 2. The van der Waals surface area contributed by atoms with Gasteiger partial charge in [0, 0.05) is 26.2 Å². The highest BCUT2D eigenvalue weighted by Crippen LogP contribution is 2.43. The molecule has 1 aromatic carbocycles. The molecule has 1 aromatic rings. The van der Waals surface area contributed by atoms with Crippen LogP contribution in [0.15, 0.2) is 16.6 Å². The standard InChI is InChI=1S/C15H21BrF2N2O3.ClH/c1-22-11-7-10(8-12(23-2)13(11)16)14(15(17,18)9-21)20-5-3-19-4-6-20;/h7-8,14,19,21H,3-6,9H2,1-2H3;1H/t14-;/m1./s1. The minimum absolute atomic E-state index is 0. The van der Waals surface area contributed by atoms with Crippen molar-refractivity contribution >= 4 is 28.3 Å². The molecule has 0 radical (unpaired) electrons. The molecule has 0 aliphatic carbocycles. The number of hydrogen-bond donors (Lipinski definition) is 2. The lowest BCUT2D eigenvalue weighted by Gasteiger charge is -2.39. The Morgan fingerprint density at radius 1 is 1.25 bits per heavy atom. The Labute approximate surface area is 154 Å². The van der Waals surface area contributed by atoms with Gasteiger partial charge in [-0.25, -0.2) is 8.78 Å². The summed E-state index contributed by atoms with van der Waals surface area (Å²) in [4.78, 5) is 1.68. The summed E-state index contributed by atoms with van der Waals surface area (Å²) in [6.07, 6.45) is 0. The average molecular weight is 432 g/mol. The number of nitrogens with zero attached hydrogens (tertiary/aromatic N) is 1. The molecule has 0 aromatic heterocycles. The molecule has 0 spiro atoms. The van der Waals surface area contributed by atoms with Crippen LogP contribution in [0.3, 0.4) is 0 Å². The Morgan fingerprint density at radius 2 is 1.75 bits per heavy atom. The van der Waals surface area contributed by atoms with Crippen LogP contribution in [-0.2, 0) is 0 Å². The molecule has 0 unspecified atom stereocenters. The normalized spacial score (nSPS) is 17.1. The largest absolute Gasteiger partial charge is 0.495 e. The third kappa shape index (κ3) is 4.49. The zero-order valence-corrected chi connectivity index (χ0v) is 15.9. The minimum atomic E-state index is -3.28. The summed E-state index contributed by atoms with van der Waals surface area (Å²) < 4.78 is 40.0. The van der Waals surface area contributed by atoms with Crippen LogP contribution in [0, 0.1) is 0 Å². The number of rotatable bonds is 6. The molecule has 1 aliphatic heterocycles. The second-order valence-electron chi connectivity index (χ2n) is 5.35. The van der Waals surface area contributed by atoms with Crippen molar-refractivity contribution in [3.63, 3.8) is 0 Å². The molecule has 1 saturated heterocycles. The van der Waals surface area contributed by atoms with Crippen molar-refractivity contribution in [2.75, 3.05) is 47.0 Å². The van der Waals surface area contributed by atoms with Crippen LogP contribution in [0.2, 0.25) is 0 Å². The van der Waals surface area contributed by atoms with Crippen molar-refractivity contribution in [1.82, 2.24) is 10.2 Å². The van der Waals surface area contributed by atoms with Crippen molar-refractivity contribution in [1.29, 1.82) is 0 Å². The van der Waals surface area contributed by atoms with Crippen molar-refractivity contribution < 1.29 is 23.4 Å². The molecule has 9 heteroatoms. The molecule has 24 heavy (non-hydrogen) atoms. The van der Waals surface area contributed by atoms with Crippen LogP contribution in [0.5, 0.6) is 11.5 Å². The molecule has 0 saturated carbocycles. The Kier molecular flexibility index (Phi) is 8.14. The molecule has 1 atom stereocenters. The number of benzene rings is 1. The lowest BCUT2D eigenvalue weighted by atomic mass is 9.97. The van der Waals surface area contributed by atoms with E-state index in [2.05, 4.69) is 21.2 Å². The zero-order valence-electron chi connectivity index (χ0n) is 13.5. The molecule has 1 heterocycles. The number of aliphatic hydroxyl groups excluding tert-OH is 1. The topological polar surface area (TPSA) is 54.0 Å². The molecule has 138 valence electrons. The van der Waals surface area contributed by atoms with E-state index in [1.54, 1.807) is 17.0 Å². The lowest BCUT2D eigenvalue weighted by Crippen LogP contribution is -2.51. The van der Waals surface area contributed by atoms with Crippen LogP contribution in [0.25, 0.3) is 0 Å². The number of nitrogens with one attached hydrogen (secondary N) is 1. The molecular weight excluding hydrogens is 410 g/mol. The number of methoxy groups -OCH3 is 2. The van der Waals surface area contributed by atoms with Gasteiger partial charge in [0.05, 0.1) is 14.2 Å². The summed E-state index contributed by atoms with van der Waals surface area (Å²) in [5, 5.41) is 12.3. The third-order valence-corrected chi connectivity index (χ3v) is 4.69. The fraction of sp³-hybridized carbons (Fsp3) is 0.600. The number of hydrogen-bond acceptors (Lipinski definition) is 5. The Balaban J connectivity index is 0.00000288. The van der Waals surface area contributed by atoms with E-state index < -0.39 is 18.6 Å². The van der Waals surface area contributed by atoms with Gasteiger partial charge in [-0.15, -0.1) is 12.4 Å². The first kappa shape index (κ1) is 21.4. The molecular formula is C15H22BrClF2N2O3. The van der Waals surface area contributed by atoms with Crippen molar-refractivity contribution in [2.24, 2.45) is 0 Å². The number of halogens is 4. The second kappa shape index (κ2) is 9.15. The number of piperazine rings is 1. The fourth-order valence-corrected chi connectivity index (χ4v) is 3.35. The van der Waals surface area contributed by atoms with Gasteiger partial charge in [-0.05, 0) is 33.6 Å². The Hall–Kier alpha value is -0.670. The third-order valence-electron chi connectivity index (χ3n) is 3.91. The van der Waals surface area contributed by atoms with Gasteiger partial charge < -0.3 is 19.9 Å². The van der Waals surface area contributed by atoms with Gasteiger partial charge in [-0.3, -0.25) is 4.90 Å². The fourth-order valence-electron chi connectivity index (χ4n) is 2.80. The van der Waals surface area contributed by atoms with Gasteiger partial charge in [0.1, 0.15) is 28.6 Å². The predicted octanol–water partition coefficient (Wildman–Crippen LogP) is 2.46. The van der Waals surface area contributed by atoms with E-state index in [4.69, 9.17) is 9.47 Å². The quantitative estimate of drug-likeness (QED) is 0.725. The van der Waals surface area contributed by atoms with Gasteiger partial charge in [-0.2, -0.15) is 0 Å². The highest BCUT2D eigenvalue weighted by Gasteiger charge is 2.44. The highest BCUT2D eigenvalue weighted by atomic mass is 79.9. The number of aliphatic hydroxyl groups is 1. The molecule has 1 fully saturated rings. The summed E-state index contributed by atoms with van der Waals surface area (Å²) >= 11 is 3.34. The highest BCUT2D eigenvalue weighted by molar-refractivity contribution is 9.10. The first-order chi connectivity index (χ1) is 10.9. The predicted molar refractivity (Wildman–Crippen MR) is 93.7 cm³/mol. The Morgan fingerprint density at radius 3 is 2.17 bits per heavy atom. The first-order valence-corrected chi connectivity index (χ1v) is 8.08. The van der Waals surface area contributed by atoms with Crippen molar-refractivity contribution in [3.05, 3.63) is 22.2 Å². The zero-order chi connectivity index (χ0) is 17.0. The first-order valence-electron chi connectivity index (χ1n) is 7.29. The van der Waals surface area contributed by atoms with Gasteiger partial charge >= 0.3 is 0 Å². The van der Waals surface area contributed by atoms with E-state index in [1.807, 2.05) is 0 Å². The summed E-state index contributed by atoms with van der Waals surface area (Å²) in [6, 6.07) is 1.87. The summed E-state index contributed by atoms with van der Waals surface area (Å²) in [5.74, 6) is -2.46. The Bertz CT molecular complexity index is 520. The summed E-state index contributed by atoms with van der Waals surface area (Å²) in [7, 11) is 2.93. The van der Waals surface area contributed by atoms with Gasteiger partial charge in [0.2, 0.25) is 0 Å². The average Bonchev–Trinajstić information content (AvgIpc) is 2.57. The van der Waals surface area contributed by atoms with Gasteiger partial charge in [0.25, 0.3) is 5.92 Å². The monoisotopic (exact) mass is 430 g/mol. The van der Waals surface area contributed by atoms with Crippen LogP contribution >= 0.6 is 28.3 Å². The molecule has 1 aliphatic rings. The van der Waals surface area contributed by atoms with E-state index >= 15 is 0 Å². The molecule has 2 N–H and O–H groups in total. The molecule has 5 nitrogen and oxygen atoms in total. The van der Waals surface area contributed by atoms with Crippen LogP contribution in [-0.4, -0.2) is 62.9 Å². The SMILES string of the molecule is COc1cc([C@@H](N2CCNCC2)C(F)(F)CO)cc(OC)c1Br.Cl. The number of ether oxygens (including phenoxy) is 2. The molecule has 0 bridgehead atoms. The van der Waals surface area contributed by atoms with E-state index in [1.165, 1.54) is 14.2 Å². The van der Waals surface area contributed by atoms with Crippen molar-refractivity contribution in [3.8, 4) is 11.5 Å². The van der Waals surface area contributed by atoms with Crippen LogP contribution < -0.4 is 14.8 Å². The molecule has 0 amide bonds. The van der Waals surface area contributed by atoms with E-state index in [0.717, 1.165) is 0 Å². The summed E-state index contributed by atoms with van der Waals surface area (Å²) in [5.41, 5.74) is 0.350. The van der Waals surface area contributed by atoms with Crippen LogP contribution in [0.1, 0.15) is 11.6 Å². The molecule has 2 rings (SSSR count). The van der Waals surface area contributed by atoms with Gasteiger partial charge in [-0.1, -0.05) is 0 Å². The minimum Gasteiger partial charge on any atom is -0.495 e. The maximum atomic E-state index is 14.5. The maximum Gasteiger partial charge on any atom is 0.289 e. The second-order valence-corrected chi connectivity index (χ2v) is 6.14. The van der Waals surface area contributed by atoms with Crippen LogP contribution in [0.4, 0.5) is 8.78 Å². The van der Waals surface area contributed by atoms with Crippen molar-refractivity contribution in [2.45, 2.75) is 12.0 Å². The van der Waals surface area contributed by atoms with E-state index in [-0.39, 0.29) is 12.4 Å².